The second kappa shape index (κ2) is 11.3. The third kappa shape index (κ3) is 5.24. The van der Waals surface area contributed by atoms with E-state index in [4.69, 9.17) is 15.1 Å². The molecule has 1 saturated carbocycles. The number of rotatable bonds is 7. The van der Waals surface area contributed by atoms with Crippen LogP contribution in [-0.2, 0) is 11.3 Å². The van der Waals surface area contributed by atoms with Crippen LogP contribution in [-0.4, -0.2) is 42.4 Å². The maximum atomic E-state index is 8.04. The zero-order valence-electron chi connectivity index (χ0n) is 21.9. The average molecular weight is 522 g/mol. The maximum absolute atomic E-state index is 8.04. The van der Waals surface area contributed by atoms with Crippen LogP contribution in [0.15, 0.2) is 84.5 Å². The van der Waals surface area contributed by atoms with E-state index >= 15 is 0 Å². The maximum Gasteiger partial charge on any atom is 0.124 e. The van der Waals surface area contributed by atoms with E-state index in [0.29, 0.717) is 0 Å². The summed E-state index contributed by atoms with van der Waals surface area (Å²) in [4.78, 5) is 8.95. The number of hydrogen-bond donors (Lipinski definition) is 1. The van der Waals surface area contributed by atoms with E-state index in [1.807, 2.05) is 0 Å². The SMILES string of the molecule is N=CC1(C2=CC=C(c3nc(-c4ccc(CN5CCOCC5)cc4)sc3C3=CCC=CC=C3)CC=C2)CCC1. The van der Waals surface area contributed by atoms with Crippen molar-refractivity contribution in [1.29, 1.82) is 5.41 Å². The van der Waals surface area contributed by atoms with E-state index < -0.39 is 0 Å². The van der Waals surface area contributed by atoms with Gasteiger partial charge < -0.3 is 10.1 Å². The molecule has 1 aliphatic heterocycles. The summed E-state index contributed by atoms with van der Waals surface area (Å²) in [5, 5.41) is 9.11. The molecule has 0 bridgehead atoms. The molecule has 1 saturated heterocycles. The number of thiazole rings is 1. The molecule has 0 spiro atoms. The lowest BCUT2D eigenvalue weighted by molar-refractivity contribution is 0.0342. The number of benzene rings is 1. The highest BCUT2D eigenvalue weighted by Crippen LogP contribution is 2.47. The summed E-state index contributed by atoms with van der Waals surface area (Å²) in [6.07, 6.45) is 26.7. The van der Waals surface area contributed by atoms with E-state index in [1.165, 1.54) is 39.1 Å². The van der Waals surface area contributed by atoms with E-state index in [1.54, 1.807) is 17.6 Å². The molecule has 1 aromatic heterocycles. The number of ether oxygens (including phenoxy) is 1. The van der Waals surface area contributed by atoms with Gasteiger partial charge in [0, 0.05) is 36.8 Å². The smallest absolute Gasteiger partial charge is 0.124 e. The monoisotopic (exact) mass is 521 g/mol. The van der Waals surface area contributed by atoms with Gasteiger partial charge in [-0.3, -0.25) is 4.90 Å². The lowest BCUT2D eigenvalue weighted by atomic mass is 9.64. The molecular weight excluding hydrogens is 486 g/mol. The summed E-state index contributed by atoms with van der Waals surface area (Å²) in [5.74, 6) is 0. The number of allylic oxidation sites excluding steroid dienone is 12. The van der Waals surface area contributed by atoms with Gasteiger partial charge in [-0.15, -0.1) is 11.3 Å². The van der Waals surface area contributed by atoms with Crippen LogP contribution in [0.2, 0.25) is 0 Å². The van der Waals surface area contributed by atoms with Crippen LogP contribution in [0.4, 0.5) is 0 Å². The van der Waals surface area contributed by atoms with Gasteiger partial charge in [-0.05, 0) is 48.0 Å². The molecule has 1 N–H and O–H groups in total. The molecule has 2 heterocycles. The lowest BCUT2D eigenvalue weighted by Crippen LogP contribution is -2.35. The lowest BCUT2D eigenvalue weighted by Gasteiger charge is -2.39. The van der Waals surface area contributed by atoms with Gasteiger partial charge in [0.15, 0.2) is 0 Å². The van der Waals surface area contributed by atoms with Crippen molar-refractivity contribution < 1.29 is 4.74 Å². The van der Waals surface area contributed by atoms with E-state index in [-0.39, 0.29) is 5.41 Å². The predicted molar refractivity (Wildman–Crippen MR) is 159 cm³/mol. The summed E-state index contributed by atoms with van der Waals surface area (Å²) >= 11 is 1.79. The molecule has 2 aromatic rings. The Hall–Kier alpha value is -3.12. The topological polar surface area (TPSA) is 49.2 Å². The molecular formula is C33H35N3OS. The fraction of sp³-hybridized carbons (Fsp3) is 0.333. The quantitative estimate of drug-likeness (QED) is 0.381. The Morgan fingerprint density at radius 3 is 2.63 bits per heavy atom. The van der Waals surface area contributed by atoms with Crippen LogP contribution in [0.3, 0.4) is 0 Å². The molecule has 2 fully saturated rings. The van der Waals surface area contributed by atoms with Gasteiger partial charge in [0.2, 0.25) is 0 Å². The molecule has 0 amide bonds. The Morgan fingerprint density at radius 1 is 1.03 bits per heavy atom. The molecule has 0 radical (unpaired) electrons. The van der Waals surface area contributed by atoms with Gasteiger partial charge in [-0.25, -0.2) is 4.98 Å². The number of hydrogen-bond acceptors (Lipinski definition) is 5. The van der Waals surface area contributed by atoms with E-state index in [9.17, 15) is 0 Å². The first kappa shape index (κ1) is 25.2. The minimum Gasteiger partial charge on any atom is -0.379 e. The number of aromatic nitrogens is 1. The van der Waals surface area contributed by atoms with Crippen molar-refractivity contribution in [2.24, 2.45) is 5.41 Å². The Balaban J connectivity index is 1.33. The molecule has 0 unspecified atom stereocenters. The van der Waals surface area contributed by atoms with Crippen LogP contribution in [0.25, 0.3) is 21.7 Å². The summed E-state index contributed by atoms with van der Waals surface area (Å²) in [6, 6.07) is 8.95. The molecule has 4 nitrogen and oxygen atoms in total. The number of nitrogens with one attached hydrogen (secondary N) is 1. The summed E-state index contributed by atoms with van der Waals surface area (Å²) in [5.41, 5.74) is 7.26. The van der Waals surface area contributed by atoms with Crippen LogP contribution in [0.1, 0.15) is 48.2 Å². The second-order valence-electron chi connectivity index (χ2n) is 10.5. The van der Waals surface area contributed by atoms with Crippen molar-refractivity contribution in [2.45, 2.75) is 38.6 Å². The van der Waals surface area contributed by atoms with Crippen molar-refractivity contribution in [3.05, 3.63) is 101 Å². The second-order valence-corrected chi connectivity index (χ2v) is 11.5. The summed E-state index contributed by atoms with van der Waals surface area (Å²) < 4.78 is 5.50. The third-order valence-electron chi connectivity index (χ3n) is 8.10. The third-order valence-corrected chi connectivity index (χ3v) is 9.25. The van der Waals surface area contributed by atoms with Crippen molar-refractivity contribution in [3.63, 3.8) is 0 Å². The van der Waals surface area contributed by atoms with E-state index in [0.717, 1.165) is 69.2 Å². The van der Waals surface area contributed by atoms with Gasteiger partial charge >= 0.3 is 0 Å². The fourth-order valence-electron chi connectivity index (χ4n) is 5.58. The van der Waals surface area contributed by atoms with Gasteiger partial charge in [-0.1, -0.05) is 85.4 Å². The van der Waals surface area contributed by atoms with Crippen molar-refractivity contribution >= 4 is 28.7 Å². The van der Waals surface area contributed by atoms with Crippen molar-refractivity contribution in [1.82, 2.24) is 9.88 Å². The first-order chi connectivity index (χ1) is 18.7. The van der Waals surface area contributed by atoms with Crippen LogP contribution in [0, 0.1) is 10.8 Å². The predicted octanol–water partition coefficient (Wildman–Crippen LogP) is 7.63. The van der Waals surface area contributed by atoms with Gasteiger partial charge in [0.25, 0.3) is 0 Å². The molecule has 1 aromatic carbocycles. The first-order valence-electron chi connectivity index (χ1n) is 13.8. The summed E-state index contributed by atoms with van der Waals surface area (Å²) in [6.45, 7) is 4.62. The molecule has 6 rings (SSSR count). The van der Waals surface area contributed by atoms with Crippen LogP contribution in [0.5, 0.6) is 0 Å². The van der Waals surface area contributed by atoms with Crippen LogP contribution >= 0.6 is 11.3 Å². The highest BCUT2D eigenvalue weighted by atomic mass is 32.1. The van der Waals surface area contributed by atoms with Crippen molar-refractivity contribution in [3.8, 4) is 10.6 Å². The zero-order chi connectivity index (χ0) is 25.8. The molecule has 0 atom stereocenters. The molecule has 3 aliphatic carbocycles. The highest BCUT2D eigenvalue weighted by Gasteiger charge is 2.37. The van der Waals surface area contributed by atoms with Gasteiger partial charge in [0.05, 0.1) is 23.8 Å². The minimum absolute atomic E-state index is 0.0697. The zero-order valence-corrected chi connectivity index (χ0v) is 22.7. The normalized spacial score (nSPS) is 21.1. The van der Waals surface area contributed by atoms with E-state index in [2.05, 4.69) is 83.8 Å². The largest absolute Gasteiger partial charge is 0.379 e. The molecule has 194 valence electrons. The Labute approximate surface area is 230 Å². The number of morpholine rings is 1. The van der Waals surface area contributed by atoms with Gasteiger partial charge in [-0.2, -0.15) is 0 Å². The fourth-order valence-corrected chi connectivity index (χ4v) is 6.71. The minimum atomic E-state index is -0.0697. The average Bonchev–Trinajstić information content (AvgIpc) is 3.08. The van der Waals surface area contributed by atoms with Crippen LogP contribution < -0.4 is 0 Å². The first-order valence-corrected chi connectivity index (χ1v) is 14.6. The molecule has 4 aliphatic rings. The summed E-state index contributed by atoms with van der Waals surface area (Å²) in [7, 11) is 0. The standard InChI is InChI=1S/C33H35N3OS/c34-24-33(17-6-18-33)29-10-5-9-26(15-16-29)30-31(27-7-3-1-2-4-8-27)38-32(35-30)28-13-11-25(12-14-28)23-36-19-21-37-22-20-36/h1-3,5,7-8,10-16,24,34H,4,6,9,17-23H2. The Bertz CT molecular complexity index is 1360. The molecule has 5 heteroatoms. The van der Waals surface area contributed by atoms with Gasteiger partial charge in [0.1, 0.15) is 5.01 Å². The Kier molecular flexibility index (Phi) is 7.50. The molecule has 38 heavy (non-hydrogen) atoms. The Morgan fingerprint density at radius 2 is 1.87 bits per heavy atom. The number of nitrogens with zero attached hydrogens (tertiary/aromatic N) is 2. The highest BCUT2D eigenvalue weighted by molar-refractivity contribution is 7.16. The van der Waals surface area contributed by atoms with Crippen molar-refractivity contribution in [2.75, 3.05) is 26.3 Å².